The molecule has 0 aliphatic rings. The molecule has 2 rings (SSSR count). The van der Waals surface area contributed by atoms with Gasteiger partial charge in [0.25, 0.3) is 0 Å². The molecule has 0 aliphatic heterocycles. The number of pyridine rings is 1. The minimum Gasteiger partial charge on any atom is -0.493 e. The lowest BCUT2D eigenvalue weighted by Gasteiger charge is -2.12. The van der Waals surface area contributed by atoms with E-state index in [0.29, 0.717) is 12.7 Å². The van der Waals surface area contributed by atoms with Crippen molar-refractivity contribution >= 4 is 5.78 Å². The Labute approximate surface area is 147 Å². The van der Waals surface area contributed by atoms with Crippen LogP contribution in [0, 0.1) is 0 Å². The van der Waals surface area contributed by atoms with E-state index in [2.05, 4.69) is 10.1 Å². The van der Waals surface area contributed by atoms with Crippen LogP contribution in [0.2, 0.25) is 0 Å². The molecule has 0 atom stereocenters. The largest absolute Gasteiger partial charge is 0.493 e. The van der Waals surface area contributed by atoms with E-state index in [1.165, 1.54) is 7.05 Å². The van der Waals surface area contributed by atoms with Crippen LogP contribution in [-0.4, -0.2) is 45.5 Å². The summed E-state index contributed by atoms with van der Waals surface area (Å²) in [7, 11) is 1.43. The van der Waals surface area contributed by atoms with E-state index in [4.69, 9.17) is 9.47 Å². The van der Waals surface area contributed by atoms with Crippen molar-refractivity contribution in [3.05, 3.63) is 40.8 Å². The first-order valence-electron chi connectivity index (χ1n) is 7.74. The fourth-order valence-corrected chi connectivity index (χ4v) is 2.14. The summed E-state index contributed by atoms with van der Waals surface area (Å²) in [6.45, 7) is 2.37. The first-order chi connectivity index (χ1) is 12.3. The molecule has 10 heteroatoms. The lowest BCUT2D eigenvalue weighted by atomic mass is 10.0. The third-order valence-electron chi connectivity index (χ3n) is 3.48. The molecule has 1 N–H and O–H groups in total. The van der Waals surface area contributed by atoms with E-state index in [9.17, 15) is 23.1 Å². The number of hydrogen-bond acceptors (Lipinski definition) is 6. The lowest BCUT2D eigenvalue weighted by Crippen LogP contribution is -2.15. The van der Waals surface area contributed by atoms with Crippen LogP contribution in [-0.2, 0) is 29.3 Å². The summed E-state index contributed by atoms with van der Waals surface area (Å²) in [5.41, 5.74) is -1.54. The van der Waals surface area contributed by atoms with E-state index in [1.807, 2.05) is 0 Å². The Hall–Kier alpha value is -2.46. The summed E-state index contributed by atoms with van der Waals surface area (Å²) in [5, 5.41) is 13.6. The van der Waals surface area contributed by atoms with Gasteiger partial charge in [-0.1, -0.05) is 0 Å². The number of ether oxygens (including phenoxy) is 2. The van der Waals surface area contributed by atoms with E-state index in [0.717, 1.165) is 16.9 Å². The number of carbonyl (C=O) groups is 1. The Morgan fingerprint density at radius 1 is 1.23 bits per heavy atom. The molecule has 0 bridgehead atoms. The van der Waals surface area contributed by atoms with Crippen molar-refractivity contribution in [2.45, 2.75) is 19.7 Å². The highest BCUT2D eigenvalue weighted by molar-refractivity contribution is 6.10. The van der Waals surface area contributed by atoms with Crippen molar-refractivity contribution in [3.63, 3.8) is 0 Å². The molecule has 0 amide bonds. The molecule has 0 spiro atoms. The Balaban J connectivity index is 2.31. The maximum Gasteiger partial charge on any atom is 0.433 e. The highest BCUT2D eigenvalue weighted by Gasteiger charge is 2.34. The van der Waals surface area contributed by atoms with Crippen molar-refractivity contribution in [1.82, 2.24) is 14.8 Å². The molecule has 0 radical (unpaired) electrons. The van der Waals surface area contributed by atoms with Crippen molar-refractivity contribution < 1.29 is 32.5 Å². The Kier molecular flexibility index (Phi) is 6.32. The maximum atomic E-state index is 12.9. The van der Waals surface area contributed by atoms with Gasteiger partial charge in [0, 0.05) is 19.2 Å². The van der Waals surface area contributed by atoms with Gasteiger partial charge in [-0.15, -0.1) is 0 Å². The maximum absolute atomic E-state index is 12.9. The second-order valence-electron chi connectivity index (χ2n) is 5.27. The Bertz CT molecular complexity index is 775. The molecule has 142 valence electrons. The van der Waals surface area contributed by atoms with Crippen LogP contribution in [0.1, 0.15) is 34.2 Å². The monoisotopic (exact) mass is 373 g/mol. The lowest BCUT2D eigenvalue weighted by molar-refractivity contribution is -0.141. The average Bonchev–Trinajstić information content (AvgIpc) is 2.92. The van der Waals surface area contributed by atoms with Gasteiger partial charge in [-0.2, -0.15) is 18.3 Å². The topological polar surface area (TPSA) is 86.5 Å². The molecule has 2 heterocycles. The molecule has 0 unspecified atom stereocenters. The summed E-state index contributed by atoms with van der Waals surface area (Å²) >= 11 is 0. The fraction of sp³-hybridized carbons (Fsp3) is 0.438. The van der Waals surface area contributed by atoms with Crippen LogP contribution in [0.5, 0.6) is 5.88 Å². The molecule has 0 aromatic carbocycles. The smallest absolute Gasteiger partial charge is 0.433 e. The fourth-order valence-electron chi connectivity index (χ4n) is 2.14. The number of ketones is 1. The molecular weight excluding hydrogens is 355 g/mol. The van der Waals surface area contributed by atoms with Gasteiger partial charge in [-0.3, -0.25) is 4.79 Å². The van der Waals surface area contributed by atoms with Crippen LogP contribution in [0.4, 0.5) is 13.2 Å². The molecule has 0 saturated carbocycles. The van der Waals surface area contributed by atoms with Gasteiger partial charge in [0.1, 0.15) is 11.3 Å². The van der Waals surface area contributed by atoms with Crippen LogP contribution in [0.15, 0.2) is 18.3 Å². The van der Waals surface area contributed by atoms with Crippen LogP contribution in [0.3, 0.4) is 0 Å². The third-order valence-corrected chi connectivity index (χ3v) is 3.48. The molecule has 0 aliphatic carbocycles. The molecule has 7 nitrogen and oxygen atoms in total. The van der Waals surface area contributed by atoms with Gasteiger partial charge in [0.15, 0.2) is 0 Å². The standard InChI is InChI=1S/C16H18F3N3O4/c1-3-25-6-7-26-9-12-10(4-5-13(21-12)16(17,18)19)14(23)11-8-20-22(2)15(11)24/h4-5,8,24H,3,6-7,9H2,1-2H3. The van der Waals surface area contributed by atoms with Crippen molar-refractivity contribution in [2.24, 2.45) is 7.05 Å². The summed E-state index contributed by atoms with van der Waals surface area (Å²) in [5.74, 6) is -1.08. The SMILES string of the molecule is CCOCCOCc1nc(C(F)(F)F)ccc1C(=O)c1cnn(C)c1O. The number of aromatic nitrogens is 3. The third kappa shape index (κ3) is 4.58. The zero-order valence-electron chi connectivity index (χ0n) is 14.2. The second-order valence-corrected chi connectivity index (χ2v) is 5.27. The van der Waals surface area contributed by atoms with Crippen LogP contribution >= 0.6 is 0 Å². The van der Waals surface area contributed by atoms with Crippen LogP contribution in [0.25, 0.3) is 0 Å². The summed E-state index contributed by atoms with van der Waals surface area (Å²) < 4.78 is 50.2. The van der Waals surface area contributed by atoms with Gasteiger partial charge < -0.3 is 14.6 Å². The zero-order chi connectivity index (χ0) is 19.3. The molecule has 0 fully saturated rings. The van der Waals surface area contributed by atoms with E-state index in [-0.39, 0.29) is 36.6 Å². The number of rotatable bonds is 8. The van der Waals surface area contributed by atoms with Gasteiger partial charge >= 0.3 is 6.18 Å². The quantitative estimate of drug-likeness (QED) is 0.565. The minimum absolute atomic E-state index is 0.0993. The van der Waals surface area contributed by atoms with Crippen molar-refractivity contribution in [2.75, 3.05) is 19.8 Å². The van der Waals surface area contributed by atoms with E-state index < -0.39 is 23.5 Å². The highest BCUT2D eigenvalue weighted by Crippen LogP contribution is 2.29. The minimum atomic E-state index is -4.65. The number of carbonyl (C=O) groups excluding carboxylic acids is 1. The van der Waals surface area contributed by atoms with Gasteiger partial charge in [0.2, 0.25) is 11.7 Å². The molecule has 2 aromatic rings. The first-order valence-corrected chi connectivity index (χ1v) is 7.74. The summed E-state index contributed by atoms with van der Waals surface area (Å²) in [4.78, 5) is 16.1. The highest BCUT2D eigenvalue weighted by atomic mass is 19.4. The van der Waals surface area contributed by atoms with Crippen molar-refractivity contribution in [3.8, 4) is 5.88 Å². The molecular formula is C16H18F3N3O4. The average molecular weight is 373 g/mol. The van der Waals surface area contributed by atoms with Crippen molar-refractivity contribution in [1.29, 1.82) is 0 Å². The van der Waals surface area contributed by atoms with Gasteiger partial charge in [-0.25, -0.2) is 9.67 Å². The number of nitrogens with zero attached hydrogens (tertiary/aromatic N) is 3. The molecule has 2 aromatic heterocycles. The zero-order valence-corrected chi connectivity index (χ0v) is 14.2. The predicted octanol–water partition coefficient (Wildman–Crippen LogP) is 2.32. The number of halogens is 3. The number of aryl methyl sites for hydroxylation is 1. The molecule has 26 heavy (non-hydrogen) atoms. The number of alkyl halides is 3. The van der Waals surface area contributed by atoms with Gasteiger partial charge in [-0.05, 0) is 19.1 Å². The number of hydrogen-bond donors (Lipinski definition) is 1. The summed E-state index contributed by atoms with van der Waals surface area (Å²) in [6.07, 6.45) is -3.52. The number of aromatic hydroxyl groups is 1. The Morgan fingerprint density at radius 2 is 1.92 bits per heavy atom. The van der Waals surface area contributed by atoms with E-state index in [1.54, 1.807) is 6.92 Å². The first kappa shape index (κ1) is 19.9. The summed E-state index contributed by atoms with van der Waals surface area (Å²) in [6, 6.07) is 1.73. The van der Waals surface area contributed by atoms with E-state index >= 15 is 0 Å². The second kappa shape index (κ2) is 8.28. The van der Waals surface area contributed by atoms with Crippen LogP contribution < -0.4 is 0 Å². The normalized spacial score (nSPS) is 11.7. The predicted molar refractivity (Wildman–Crippen MR) is 83.7 cm³/mol. The molecule has 0 saturated heterocycles. The Morgan fingerprint density at radius 3 is 2.50 bits per heavy atom. The van der Waals surface area contributed by atoms with Gasteiger partial charge in [0.05, 0.1) is 31.7 Å².